The van der Waals surface area contributed by atoms with Gasteiger partial charge in [-0.05, 0) is 49.1 Å². The highest BCUT2D eigenvalue weighted by atomic mass is 16.5. The van der Waals surface area contributed by atoms with Crippen LogP contribution in [-0.2, 0) is 14.3 Å². The van der Waals surface area contributed by atoms with Gasteiger partial charge in [0.05, 0.1) is 0 Å². The lowest BCUT2D eigenvalue weighted by molar-refractivity contribution is -0.161. The molecule has 1 saturated heterocycles. The van der Waals surface area contributed by atoms with Crippen molar-refractivity contribution in [3.63, 3.8) is 0 Å². The van der Waals surface area contributed by atoms with Crippen molar-refractivity contribution in [3.8, 4) is 0 Å². The molecule has 0 spiro atoms. The summed E-state index contributed by atoms with van der Waals surface area (Å²) in [7, 11) is 0. The molecule has 1 aromatic carbocycles. The van der Waals surface area contributed by atoms with E-state index in [-0.39, 0.29) is 18.4 Å². The smallest absolute Gasteiger partial charge is 0.329 e. The third-order valence-electron chi connectivity index (χ3n) is 5.95. The van der Waals surface area contributed by atoms with E-state index < -0.39 is 17.9 Å². The van der Waals surface area contributed by atoms with Crippen LogP contribution in [0.5, 0.6) is 0 Å². The lowest BCUT2D eigenvalue weighted by Crippen LogP contribution is -2.46. The third kappa shape index (κ3) is 4.23. The van der Waals surface area contributed by atoms with Crippen molar-refractivity contribution in [2.45, 2.75) is 65.0 Å². The first-order valence-corrected chi connectivity index (χ1v) is 10.0. The molecule has 27 heavy (non-hydrogen) atoms. The molecule has 1 heterocycles. The van der Waals surface area contributed by atoms with Crippen LogP contribution in [0, 0.1) is 17.8 Å². The van der Waals surface area contributed by atoms with Crippen LogP contribution in [0.3, 0.4) is 0 Å². The van der Waals surface area contributed by atoms with Crippen molar-refractivity contribution in [2.75, 3.05) is 0 Å². The number of hydrogen-bond donors (Lipinski definition) is 0. The van der Waals surface area contributed by atoms with Crippen molar-refractivity contribution in [2.24, 2.45) is 17.8 Å². The first-order chi connectivity index (χ1) is 12.9. The zero-order valence-electron chi connectivity index (χ0n) is 16.4. The normalized spacial score (nSPS) is 28.4. The molecule has 0 radical (unpaired) electrons. The highest BCUT2D eigenvalue weighted by Crippen LogP contribution is 2.36. The summed E-state index contributed by atoms with van der Waals surface area (Å²) >= 11 is 0. The predicted molar refractivity (Wildman–Crippen MR) is 102 cm³/mol. The van der Waals surface area contributed by atoms with Gasteiger partial charge in [-0.25, -0.2) is 4.79 Å². The van der Waals surface area contributed by atoms with E-state index in [9.17, 15) is 14.4 Å². The van der Waals surface area contributed by atoms with Crippen LogP contribution in [0.1, 0.15) is 63.2 Å². The van der Waals surface area contributed by atoms with Gasteiger partial charge in [-0.3, -0.25) is 14.5 Å². The van der Waals surface area contributed by atoms with E-state index in [1.807, 2.05) is 6.07 Å². The van der Waals surface area contributed by atoms with Gasteiger partial charge in [-0.1, -0.05) is 45.4 Å². The molecule has 3 rings (SSSR count). The average molecular weight is 371 g/mol. The molecule has 0 bridgehead atoms. The Morgan fingerprint density at radius 1 is 1.11 bits per heavy atom. The van der Waals surface area contributed by atoms with Crippen LogP contribution >= 0.6 is 0 Å². The Morgan fingerprint density at radius 3 is 2.48 bits per heavy atom. The number of likely N-dealkylation sites (tertiary alicyclic amines) is 1. The summed E-state index contributed by atoms with van der Waals surface area (Å²) in [5.74, 6) is 0.128. The molecule has 1 aromatic rings. The van der Waals surface area contributed by atoms with Crippen LogP contribution in [0.4, 0.5) is 0 Å². The van der Waals surface area contributed by atoms with Crippen molar-refractivity contribution in [3.05, 3.63) is 35.9 Å². The van der Waals surface area contributed by atoms with Crippen LogP contribution in [0.25, 0.3) is 0 Å². The molecule has 146 valence electrons. The Hall–Kier alpha value is -2.17. The Morgan fingerprint density at radius 2 is 1.81 bits per heavy atom. The topological polar surface area (TPSA) is 63.7 Å². The largest absolute Gasteiger partial charge is 0.461 e. The molecule has 0 unspecified atom stereocenters. The molecule has 0 N–H and O–H groups in total. The molecule has 1 aliphatic carbocycles. The second-order valence-corrected chi connectivity index (χ2v) is 8.29. The monoisotopic (exact) mass is 371 g/mol. The average Bonchev–Trinajstić information content (AvgIpc) is 3.03. The zero-order chi connectivity index (χ0) is 19.6. The molecule has 4 atom stereocenters. The fourth-order valence-electron chi connectivity index (χ4n) is 4.36. The van der Waals surface area contributed by atoms with Crippen molar-refractivity contribution in [1.82, 2.24) is 4.90 Å². The Bertz CT molecular complexity index is 700. The van der Waals surface area contributed by atoms with Crippen LogP contribution < -0.4 is 0 Å². The van der Waals surface area contributed by atoms with Gasteiger partial charge in [0, 0.05) is 12.0 Å². The molecule has 1 saturated carbocycles. The molecule has 2 aliphatic rings. The Balaban J connectivity index is 1.74. The van der Waals surface area contributed by atoms with Gasteiger partial charge >= 0.3 is 5.97 Å². The van der Waals surface area contributed by atoms with Crippen molar-refractivity contribution < 1.29 is 19.1 Å². The van der Waals surface area contributed by atoms with E-state index >= 15 is 0 Å². The number of benzene rings is 1. The van der Waals surface area contributed by atoms with Gasteiger partial charge < -0.3 is 4.74 Å². The Labute approximate surface area is 161 Å². The zero-order valence-corrected chi connectivity index (χ0v) is 16.4. The van der Waals surface area contributed by atoms with Gasteiger partial charge in [0.25, 0.3) is 5.91 Å². The maximum atomic E-state index is 12.9. The lowest BCUT2D eigenvalue weighted by Gasteiger charge is -2.37. The third-order valence-corrected chi connectivity index (χ3v) is 5.95. The highest BCUT2D eigenvalue weighted by Gasteiger charge is 2.43. The minimum Gasteiger partial charge on any atom is -0.461 e. The molecular weight excluding hydrogens is 342 g/mol. The fraction of sp³-hybridized carbons (Fsp3) is 0.591. The first-order valence-electron chi connectivity index (χ1n) is 10.0. The number of carbonyl (C=O) groups excluding carboxylic acids is 3. The van der Waals surface area contributed by atoms with E-state index in [2.05, 4.69) is 20.8 Å². The molecule has 2 amide bonds. The van der Waals surface area contributed by atoms with Crippen molar-refractivity contribution in [1.29, 1.82) is 0 Å². The minimum absolute atomic E-state index is 0.134. The maximum absolute atomic E-state index is 12.9. The van der Waals surface area contributed by atoms with E-state index in [4.69, 9.17) is 4.74 Å². The SMILES string of the molecule is CC(C)[C@@H]1CC[C@@H](C)C[C@H]1OC(=O)[C@@H]1CCC(=O)N1C(=O)c1ccccc1. The molecule has 1 aliphatic heterocycles. The van der Waals surface area contributed by atoms with Crippen LogP contribution in [-0.4, -0.2) is 34.8 Å². The number of ether oxygens (including phenoxy) is 1. The Kier molecular flexibility index (Phi) is 5.98. The summed E-state index contributed by atoms with van der Waals surface area (Å²) in [6.45, 7) is 6.50. The second-order valence-electron chi connectivity index (χ2n) is 8.29. The minimum atomic E-state index is -0.810. The summed E-state index contributed by atoms with van der Waals surface area (Å²) in [5.41, 5.74) is 0.414. The van der Waals surface area contributed by atoms with Crippen LogP contribution in [0.2, 0.25) is 0 Å². The van der Waals surface area contributed by atoms with Gasteiger partial charge in [0.1, 0.15) is 12.1 Å². The summed E-state index contributed by atoms with van der Waals surface area (Å²) in [6, 6.07) is 7.82. The molecule has 5 heteroatoms. The molecule has 2 fully saturated rings. The quantitative estimate of drug-likeness (QED) is 0.596. The molecular formula is C22H29NO4. The number of carbonyl (C=O) groups is 3. The number of esters is 1. The number of hydrogen-bond acceptors (Lipinski definition) is 4. The second kappa shape index (κ2) is 8.24. The van der Waals surface area contributed by atoms with E-state index in [0.717, 1.165) is 24.2 Å². The van der Waals surface area contributed by atoms with E-state index in [1.165, 1.54) is 0 Å². The van der Waals surface area contributed by atoms with E-state index in [0.29, 0.717) is 29.7 Å². The summed E-state index contributed by atoms with van der Waals surface area (Å²) in [4.78, 5) is 39.1. The molecule has 0 aromatic heterocycles. The number of amides is 2. The number of rotatable bonds is 4. The predicted octanol–water partition coefficient (Wildman–Crippen LogP) is 3.82. The molecule has 5 nitrogen and oxygen atoms in total. The van der Waals surface area contributed by atoms with Gasteiger partial charge in [-0.15, -0.1) is 0 Å². The number of imide groups is 1. The maximum Gasteiger partial charge on any atom is 0.329 e. The van der Waals surface area contributed by atoms with Gasteiger partial charge in [0.2, 0.25) is 5.91 Å². The summed E-state index contributed by atoms with van der Waals surface area (Å²) in [5, 5.41) is 0. The highest BCUT2D eigenvalue weighted by molar-refractivity contribution is 6.08. The van der Waals surface area contributed by atoms with Crippen molar-refractivity contribution >= 4 is 17.8 Å². The summed E-state index contributed by atoms with van der Waals surface area (Å²) in [6.07, 6.45) is 3.45. The lowest BCUT2D eigenvalue weighted by atomic mass is 9.75. The van der Waals surface area contributed by atoms with Gasteiger partial charge in [-0.2, -0.15) is 0 Å². The fourth-order valence-corrected chi connectivity index (χ4v) is 4.36. The first kappa shape index (κ1) is 19.6. The van der Waals surface area contributed by atoms with E-state index in [1.54, 1.807) is 24.3 Å². The number of nitrogens with zero attached hydrogens (tertiary/aromatic N) is 1. The standard InChI is InChI=1S/C22H29NO4/c1-14(2)17-10-9-15(3)13-19(17)27-22(26)18-11-12-20(24)23(18)21(25)16-7-5-4-6-8-16/h4-8,14-15,17-19H,9-13H2,1-3H3/t15-,17+,18+,19-/m1/s1. The van der Waals surface area contributed by atoms with Gasteiger partial charge in [0.15, 0.2) is 0 Å². The van der Waals surface area contributed by atoms with Crippen LogP contribution in [0.15, 0.2) is 30.3 Å². The summed E-state index contributed by atoms with van der Waals surface area (Å²) < 4.78 is 5.90.